The molecule has 0 heterocycles. The minimum Gasteiger partial charge on any atom is -0.0622 e. The molecule has 0 saturated heterocycles. The van der Waals surface area contributed by atoms with Crippen molar-refractivity contribution in [2.24, 2.45) is 0 Å². The second-order valence-electron chi connectivity index (χ2n) is 23.2. The maximum Gasteiger partial charge on any atom is 0.0451 e. The molecule has 0 amide bonds. The zero-order valence-corrected chi connectivity index (χ0v) is 42.1. The Hall–Kier alpha value is -4.68. The Morgan fingerprint density at radius 3 is 0.578 bits per heavy atom. The first-order chi connectivity index (χ1) is 30.3. The summed E-state index contributed by atoms with van der Waals surface area (Å²) in [6.45, 7) is 27.8. The van der Waals surface area contributed by atoms with E-state index >= 15 is 0 Å². The van der Waals surface area contributed by atoms with E-state index in [1.54, 1.807) is 0 Å². The van der Waals surface area contributed by atoms with Crippen LogP contribution in [0.5, 0.6) is 0 Å². The molecule has 0 saturated carbocycles. The van der Waals surface area contributed by atoms with Crippen molar-refractivity contribution >= 4 is 0 Å². The van der Waals surface area contributed by atoms with Crippen molar-refractivity contribution in [1.82, 2.24) is 0 Å². The van der Waals surface area contributed by atoms with Crippen LogP contribution in [0.4, 0.5) is 0 Å². The van der Waals surface area contributed by atoms with Gasteiger partial charge in [0, 0.05) is 10.8 Å². The topological polar surface area (TPSA) is 0 Å². The Labute approximate surface area is 391 Å². The molecule has 0 N–H and O–H groups in total. The highest BCUT2D eigenvalue weighted by Crippen LogP contribution is 2.46. The third-order valence-electron chi connectivity index (χ3n) is 14.4. The van der Waals surface area contributed by atoms with Crippen LogP contribution in [-0.2, 0) is 32.5 Å². The summed E-state index contributed by atoms with van der Waals surface area (Å²) >= 11 is 0. The van der Waals surface area contributed by atoms with Gasteiger partial charge in [-0.3, -0.25) is 0 Å². The number of benzene rings is 6. The first-order valence-corrected chi connectivity index (χ1v) is 24.8. The molecule has 0 unspecified atom stereocenters. The molecule has 0 atom stereocenters. The minimum absolute atomic E-state index is 0.115. The van der Waals surface area contributed by atoms with Gasteiger partial charge >= 0.3 is 0 Å². The third-order valence-corrected chi connectivity index (χ3v) is 14.4. The van der Waals surface area contributed by atoms with E-state index in [1.165, 1.54) is 107 Å². The smallest absolute Gasteiger partial charge is 0.0451 e. The van der Waals surface area contributed by atoms with Crippen LogP contribution in [0.2, 0.25) is 0 Å². The highest BCUT2D eigenvalue weighted by Gasteiger charge is 2.38. The van der Waals surface area contributed by atoms with Gasteiger partial charge in [-0.1, -0.05) is 292 Å². The quantitative estimate of drug-likeness (QED) is 0.0633. The Bertz CT molecular complexity index is 2010. The maximum absolute atomic E-state index is 2.43. The van der Waals surface area contributed by atoms with Gasteiger partial charge in [-0.2, -0.15) is 0 Å². The summed E-state index contributed by atoms with van der Waals surface area (Å²) in [4.78, 5) is 0. The van der Waals surface area contributed by atoms with Gasteiger partial charge in [0.2, 0.25) is 0 Å². The van der Waals surface area contributed by atoms with Crippen LogP contribution in [-0.4, -0.2) is 0 Å². The standard InChI is InChI=1S/C64H82/c1-59(2,3)49-31-39-55(40-32-49)63(53-27-21-19-22-28-53,56-41-33-50(34-42-56)60(4,5)6)47-25-17-15-13-14-16-18-26-48-64(54-29-23-20-24-30-54,57-43-35-51(36-44-57)61(7,8)9)58-45-37-52(38-46-58)62(10,11)12/h19-24,27-46H,13-18,25-26,47-48H2,1-12H3. The Morgan fingerprint density at radius 1 is 0.203 bits per heavy atom. The van der Waals surface area contributed by atoms with Crippen molar-refractivity contribution in [2.75, 3.05) is 0 Å². The predicted octanol–water partition coefficient (Wildman–Crippen LogP) is 18.1. The molecule has 0 heteroatoms. The maximum atomic E-state index is 2.43. The average molecular weight is 851 g/mol. The molecule has 338 valence electrons. The summed E-state index contributed by atoms with van der Waals surface area (Å²) in [5, 5.41) is 0. The summed E-state index contributed by atoms with van der Waals surface area (Å²) in [6, 6.07) is 61.2. The van der Waals surface area contributed by atoms with E-state index in [2.05, 4.69) is 241 Å². The summed E-state index contributed by atoms with van der Waals surface area (Å²) in [7, 11) is 0. The highest BCUT2D eigenvalue weighted by atomic mass is 14.4. The first kappa shape index (κ1) is 48.8. The van der Waals surface area contributed by atoms with E-state index in [1.807, 2.05) is 0 Å². The van der Waals surface area contributed by atoms with Crippen molar-refractivity contribution in [3.63, 3.8) is 0 Å². The van der Waals surface area contributed by atoms with E-state index in [0.29, 0.717) is 0 Å². The van der Waals surface area contributed by atoms with Crippen molar-refractivity contribution in [3.8, 4) is 0 Å². The molecule has 0 fully saturated rings. The molecular formula is C64H82. The van der Waals surface area contributed by atoms with E-state index in [0.717, 1.165) is 12.8 Å². The van der Waals surface area contributed by atoms with Crippen LogP contribution < -0.4 is 0 Å². The number of hydrogen-bond donors (Lipinski definition) is 0. The lowest BCUT2D eigenvalue weighted by Crippen LogP contribution is -2.30. The summed E-state index contributed by atoms with van der Waals surface area (Å²) in [5.74, 6) is 0. The highest BCUT2D eigenvalue weighted by molar-refractivity contribution is 5.53. The lowest BCUT2D eigenvalue weighted by Gasteiger charge is -2.37. The van der Waals surface area contributed by atoms with Gasteiger partial charge in [-0.05, 0) is 90.1 Å². The molecule has 0 aromatic heterocycles. The monoisotopic (exact) mass is 851 g/mol. The molecular weight excluding hydrogens is 769 g/mol. The lowest BCUT2D eigenvalue weighted by atomic mass is 9.65. The minimum atomic E-state index is -0.209. The van der Waals surface area contributed by atoms with Gasteiger partial charge < -0.3 is 0 Å². The van der Waals surface area contributed by atoms with Gasteiger partial charge in [-0.25, -0.2) is 0 Å². The van der Waals surface area contributed by atoms with Crippen LogP contribution in [0.3, 0.4) is 0 Å². The second kappa shape index (κ2) is 20.2. The van der Waals surface area contributed by atoms with Crippen molar-refractivity contribution in [2.45, 2.75) is 180 Å². The van der Waals surface area contributed by atoms with E-state index in [9.17, 15) is 0 Å². The number of hydrogen-bond acceptors (Lipinski definition) is 0. The van der Waals surface area contributed by atoms with E-state index in [-0.39, 0.29) is 32.5 Å². The van der Waals surface area contributed by atoms with Gasteiger partial charge in [0.1, 0.15) is 0 Å². The fourth-order valence-corrected chi connectivity index (χ4v) is 10.2. The van der Waals surface area contributed by atoms with Gasteiger partial charge in [0.15, 0.2) is 0 Å². The zero-order valence-electron chi connectivity index (χ0n) is 42.1. The second-order valence-corrected chi connectivity index (χ2v) is 23.2. The molecule has 6 rings (SSSR count). The molecule has 0 aliphatic heterocycles. The Morgan fingerprint density at radius 2 is 0.375 bits per heavy atom. The molecule has 0 spiro atoms. The van der Waals surface area contributed by atoms with Gasteiger partial charge in [-0.15, -0.1) is 0 Å². The van der Waals surface area contributed by atoms with Crippen molar-refractivity contribution < 1.29 is 0 Å². The number of rotatable bonds is 17. The summed E-state index contributed by atoms with van der Waals surface area (Å²) in [6.07, 6.45) is 12.2. The van der Waals surface area contributed by atoms with Gasteiger partial charge in [0.05, 0.1) is 0 Å². The zero-order chi connectivity index (χ0) is 46.2. The summed E-state index contributed by atoms with van der Waals surface area (Å²) < 4.78 is 0. The van der Waals surface area contributed by atoms with Crippen molar-refractivity contribution in [3.05, 3.63) is 213 Å². The largest absolute Gasteiger partial charge is 0.0622 e. The SMILES string of the molecule is CC(C)(C)c1ccc(C(CCCCCCCCCCC(c2ccccc2)(c2ccc(C(C)(C)C)cc2)c2ccc(C(C)(C)C)cc2)(c2ccccc2)c2ccc(C(C)(C)C)cc2)cc1. The normalized spacial score (nSPS) is 13.0. The first-order valence-electron chi connectivity index (χ1n) is 24.8. The van der Waals surface area contributed by atoms with E-state index < -0.39 is 0 Å². The fourth-order valence-electron chi connectivity index (χ4n) is 10.2. The van der Waals surface area contributed by atoms with Crippen LogP contribution in [0.25, 0.3) is 0 Å². The Kier molecular flexibility index (Phi) is 15.4. The van der Waals surface area contributed by atoms with E-state index in [4.69, 9.17) is 0 Å². The molecule has 0 aliphatic carbocycles. The molecule has 0 radical (unpaired) electrons. The molecule has 0 nitrogen and oxygen atoms in total. The summed E-state index contributed by atoms with van der Waals surface area (Å²) in [5.41, 5.74) is 14.0. The van der Waals surface area contributed by atoms with Crippen LogP contribution in [0.15, 0.2) is 158 Å². The fraction of sp³-hybridized carbons (Fsp3) is 0.438. The molecule has 0 bridgehead atoms. The molecule has 6 aromatic carbocycles. The third kappa shape index (κ3) is 11.4. The van der Waals surface area contributed by atoms with Crippen LogP contribution >= 0.6 is 0 Å². The lowest BCUT2D eigenvalue weighted by molar-refractivity contribution is 0.479. The predicted molar refractivity (Wildman–Crippen MR) is 279 cm³/mol. The van der Waals surface area contributed by atoms with Crippen LogP contribution in [0.1, 0.15) is 203 Å². The molecule has 6 aromatic rings. The van der Waals surface area contributed by atoms with Crippen LogP contribution in [0, 0.1) is 0 Å². The Balaban J connectivity index is 1.15. The number of unbranched alkanes of at least 4 members (excludes halogenated alkanes) is 7. The van der Waals surface area contributed by atoms with Gasteiger partial charge in [0.25, 0.3) is 0 Å². The average Bonchev–Trinajstić information content (AvgIpc) is 3.27. The molecule has 0 aliphatic rings. The van der Waals surface area contributed by atoms with Crippen molar-refractivity contribution in [1.29, 1.82) is 0 Å². The molecule has 64 heavy (non-hydrogen) atoms.